The summed E-state index contributed by atoms with van der Waals surface area (Å²) in [7, 11) is 0. The SMILES string of the molecule is CCCCOC(=O)N1CCN(c2nccnc2Cl)CC1. The molecule has 2 rings (SSSR count). The van der Waals surface area contributed by atoms with Crippen molar-refractivity contribution in [3.63, 3.8) is 0 Å². The standard InChI is InChI=1S/C13H19ClN4O2/c1-2-3-10-20-13(19)18-8-6-17(7-9-18)12-11(14)15-4-5-16-12/h4-5H,2-3,6-10H2,1H3. The first-order valence-corrected chi connectivity index (χ1v) is 7.23. The number of hydrogen-bond acceptors (Lipinski definition) is 5. The molecule has 0 aromatic carbocycles. The summed E-state index contributed by atoms with van der Waals surface area (Å²) in [5.74, 6) is 0.674. The third-order valence-corrected chi connectivity index (χ3v) is 3.46. The summed E-state index contributed by atoms with van der Waals surface area (Å²) < 4.78 is 5.20. The van der Waals surface area contributed by atoms with Gasteiger partial charge in [-0.15, -0.1) is 0 Å². The highest BCUT2D eigenvalue weighted by atomic mass is 35.5. The zero-order chi connectivity index (χ0) is 14.4. The van der Waals surface area contributed by atoms with Gasteiger partial charge in [0.1, 0.15) is 0 Å². The van der Waals surface area contributed by atoms with Crippen LogP contribution >= 0.6 is 11.6 Å². The highest BCUT2D eigenvalue weighted by molar-refractivity contribution is 6.31. The summed E-state index contributed by atoms with van der Waals surface area (Å²) in [5, 5.41) is 0.395. The van der Waals surface area contributed by atoms with E-state index in [2.05, 4.69) is 16.9 Å². The van der Waals surface area contributed by atoms with Crippen molar-refractivity contribution < 1.29 is 9.53 Å². The molecule has 0 radical (unpaired) electrons. The Bertz CT molecular complexity index is 450. The van der Waals surface area contributed by atoms with E-state index >= 15 is 0 Å². The highest BCUT2D eigenvalue weighted by Gasteiger charge is 2.24. The molecule has 6 nitrogen and oxygen atoms in total. The monoisotopic (exact) mass is 298 g/mol. The molecular formula is C13H19ClN4O2. The molecule has 1 fully saturated rings. The van der Waals surface area contributed by atoms with E-state index in [4.69, 9.17) is 16.3 Å². The number of carbonyl (C=O) groups excluding carboxylic acids is 1. The van der Waals surface area contributed by atoms with Crippen LogP contribution in [-0.4, -0.2) is 53.7 Å². The minimum Gasteiger partial charge on any atom is -0.449 e. The van der Waals surface area contributed by atoms with Crippen LogP contribution in [0.25, 0.3) is 0 Å². The second-order valence-electron chi connectivity index (χ2n) is 4.61. The summed E-state index contributed by atoms with van der Waals surface area (Å²) in [5.41, 5.74) is 0. The van der Waals surface area contributed by atoms with E-state index in [1.807, 2.05) is 4.90 Å². The molecule has 0 unspecified atom stereocenters. The molecule has 0 N–H and O–H groups in total. The van der Waals surface area contributed by atoms with Crippen LogP contribution in [0.2, 0.25) is 5.15 Å². The van der Waals surface area contributed by atoms with Gasteiger partial charge in [-0.25, -0.2) is 14.8 Å². The summed E-state index contributed by atoms with van der Waals surface area (Å²) in [6.07, 6.45) is 4.87. The highest BCUT2D eigenvalue weighted by Crippen LogP contribution is 2.21. The van der Waals surface area contributed by atoms with Crippen molar-refractivity contribution >= 4 is 23.5 Å². The third kappa shape index (κ3) is 3.72. The fraction of sp³-hybridized carbons (Fsp3) is 0.615. The molecular weight excluding hydrogens is 280 g/mol. The van der Waals surface area contributed by atoms with Crippen molar-refractivity contribution in [2.75, 3.05) is 37.7 Å². The number of carbonyl (C=O) groups is 1. The Morgan fingerprint density at radius 1 is 1.30 bits per heavy atom. The number of rotatable bonds is 4. The number of anilines is 1. The number of unbranched alkanes of at least 4 members (excludes halogenated alkanes) is 1. The largest absolute Gasteiger partial charge is 0.449 e. The fourth-order valence-corrected chi connectivity index (χ4v) is 2.25. The molecule has 1 saturated heterocycles. The first kappa shape index (κ1) is 14.8. The van der Waals surface area contributed by atoms with Gasteiger partial charge in [0, 0.05) is 38.6 Å². The van der Waals surface area contributed by atoms with Gasteiger partial charge in [0.25, 0.3) is 0 Å². The van der Waals surface area contributed by atoms with E-state index in [0.29, 0.717) is 43.8 Å². The summed E-state index contributed by atoms with van der Waals surface area (Å²) in [6, 6.07) is 0. The lowest BCUT2D eigenvalue weighted by atomic mass is 10.3. The third-order valence-electron chi connectivity index (χ3n) is 3.20. The quantitative estimate of drug-likeness (QED) is 0.798. The molecule has 110 valence electrons. The molecule has 1 aliphatic rings. The van der Waals surface area contributed by atoms with Gasteiger partial charge in [-0.1, -0.05) is 24.9 Å². The van der Waals surface area contributed by atoms with Crippen molar-refractivity contribution in [1.29, 1.82) is 0 Å². The summed E-state index contributed by atoms with van der Waals surface area (Å²) in [6.45, 7) is 5.14. The Hall–Kier alpha value is -1.56. The van der Waals surface area contributed by atoms with Gasteiger partial charge in [-0.3, -0.25) is 0 Å². The molecule has 0 bridgehead atoms. The van der Waals surface area contributed by atoms with Crippen molar-refractivity contribution in [3.8, 4) is 0 Å². The number of nitrogens with zero attached hydrogens (tertiary/aromatic N) is 4. The molecule has 1 amide bonds. The molecule has 7 heteroatoms. The van der Waals surface area contributed by atoms with Crippen LogP contribution in [0.1, 0.15) is 19.8 Å². The molecule has 2 heterocycles. The smallest absolute Gasteiger partial charge is 0.409 e. The number of piperazine rings is 1. The number of amides is 1. The first-order chi connectivity index (χ1) is 9.72. The van der Waals surface area contributed by atoms with Crippen molar-refractivity contribution in [2.24, 2.45) is 0 Å². The second-order valence-corrected chi connectivity index (χ2v) is 4.97. The van der Waals surface area contributed by atoms with Crippen LogP contribution in [0.4, 0.5) is 10.6 Å². The Labute approximate surface area is 123 Å². The van der Waals surface area contributed by atoms with E-state index in [9.17, 15) is 4.79 Å². The minimum atomic E-state index is -0.233. The van der Waals surface area contributed by atoms with E-state index in [-0.39, 0.29) is 6.09 Å². The maximum atomic E-state index is 11.8. The Morgan fingerprint density at radius 3 is 2.65 bits per heavy atom. The lowest BCUT2D eigenvalue weighted by Gasteiger charge is -2.34. The summed E-state index contributed by atoms with van der Waals surface area (Å²) >= 11 is 6.02. The molecule has 1 aromatic heterocycles. The maximum Gasteiger partial charge on any atom is 0.409 e. The van der Waals surface area contributed by atoms with Crippen LogP contribution in [-0.2, 0) is 4.74 Å². The minimum absolute atomic E-state index is 0.233. The molecule has 0 aliphatic carbocycles. The van der Waals surface area contributed by atoms with Gasteiger partial charge in [0.15, 0.2) is 11.0 Å². The van der Waals surface area contributed by atoms with Crippen LogP contribution in [0.15, 0.2) is 12.4 Å². The molecule has 0 saturated carbocycles. The normalized spacial score (nSPS) is 15.3. The number of halogens is 1. The van der Waals surface area contributed by atoms with Crippen LogP contribution in [0.5, 0.6) is 0 Å². The molecule has 20 heavy (non-hydrogen) atoms. The van der Waals surface area contributed by atoms with Crippen LogP contribution in [0, 0.1) is 0 Å². The van der Waals surface area contributed by atoms with Gasteiger partial charge in [0.05, 0.1) is 6.61 Å². The van der Waals surface area contributed by atoms with Gasteiger partial charge < -0.3 is 14.5 Å². The Balaban J connectivity index is 1.83. The predicted octanol–water partition coefficient (Wildman–Crippen LogP) is 2.19. The van der Waals surface area contributed by atoms with E-state index in [0.717, 1.165) is 12.8 Å². The molecule has 1 aliphatic heterocycles. The predicted molar refractivity (Wildman–Crippen MR) is 77.1 cm³/mol. The maximum absolute atomic E-state index is 11.8. The van der Waals surface area contributed by atoms with E-state index in [1.54, 1.807) is 17.3 Å². The average Bonchev–Trinajstić information content (AvgIpc) is 2.48. The molecule has 0 atom stereocenters. The van der Waals surface area contributed by atoms with E-state index in [1.165, 1.54) is 0 Å². The fourth-order valence-electron chi connectivity index (χ4n) is 2.02. The number of ether oxygens (including phenoxy) is 1. The zero-order valence-electron chi connectivity index (χ0n) is 11.6. The Morgan fingerprint density at radius 2 is 2.00 bits per heavy atom. The van der Waals surface area contributed by atoms with Crippen molar-refractivity contribution in [1.82, 2.24) is 14.9 Å². The van der Waals surface area contributed by atoms with Gasteiger partial charge >= 0.3 is 6.09 Å². The summed E-state index contributed by atoms with van der Waals surface area (Å²) in [4.78, 5) is 23.8. The number of aromatic nitrogens is 2. The average molecular weight is 299 g/mol. The Kier molecular flexibility index (Phi) is 5.40. The number of hydrogen-bond donors (Lipinski definition) is 0. The molecule has 0 spiro atoms. The lowest BCUT2D eigenvalue weighted by molar-refractivity contribution is 0.0989. The van der Waals surface area contributed by atoms with Crippen LogP contribution in [0.3, 0.4) is 0 Å². The zero-order valence-corrected chi connectivity index (χ0v) is 12.3. The van der Waals surface area contributed by atoms with Crippen LogP contribution < -0.4 is 4.90 Å². The lowest BCUT2D eigenvalue weighted by Crippen LogP contribution is -2.49. The second kappa shape index (κ2) is 7.28. The van der Waals surface area contributed by atoms with Gasteiger partial charge in [-0.2, -0.15) is 0 Å². The van der Waals surface area contributed by atoms with Crippen molar-refractivity contribution in [3.05, 3.63) is 17.5 Å². The first-order valence-electron chi connectivity index (χ1n) is 6.85. The topological polar surface area (TPSA) is 58.6 Å². The van der Waals surface area contributed by atoms with Crippen molar-refractivity contribution in [2.45, 2.75) is 19.8 Å². The van der Waals surface area contributed by atoms with Gasteiger partial charge in [0.2, 0.25) is 0 Å². The van der Waals surface area contributed by atoms with Gasteiger partial charge in [-0.05, 0) is 6.42 Å². The molecule has 1 aromatic rings. The van der Waals surface area contributed by atoms with E-state index < -0.39 is 0 Å².